The highest BCUT2D eigenvalue weighted by atomic mass is 16.1. The number of rotatable bonds is 7. The maximum atomic E-state index is 12.7. The molecule has 3 aromatic carbocycles. The van der Waals surface area contributed by atoms with E-state index in [1.165, 1.54) is 0 Å². The Balaban J connectivity index is 1.38. The van der Waals surface area contributed by atoms with Crippen molar-refractivity contribution >= 4 is 22.8 Å². The highest BCUT2D eigenvalue weighted by Gasteiger charge is 2.13. The highest BCUT2D eigenvalue weighted by molar-refractivity contribution is 6.00. The lowest BCUT2D eigenvalue weighted by Crippen LogP contribution is -2.10. The van der Waals surface area contributed by atoms with E-state index in [1.54, 1.807) is 12.5 Å². The number of Topliss-reactive ketones (excluding diaryl/α,β-unsaturated/α-hetero) is 1. The monoisotopic (exact) mass is 433 g/mol. The van der Waals surface area contributed by atoms with Gasteiger partial charge in [0.1, 0.15) is 12.1 Å². The van der Waals surface area contributed by atoms with Gasteiger partial charge in [0.2, 0.25) is 5.95 Å². The summed E-state index contributed by atoms with van der Waals surface area (Å²) in [5.41, 5.74) is 4.44. The van der Waals surface area contributed by atoms with Gasteiger partial charge in [-0.3, -0.25) is 9.36 Å². The first-order chi connectivity index (χ1) is 16.2. The lowest BCUT2D eigenvalue weighted by Gasteiger charge is -2.14. The van der Waals surface area contributed by atoms with E-state index in [1.807, 2.05) is 77.4 Å². The number of fused-ring (bicyclic) bond motifs is 1. The second-order valence-electron chi connectivity index (χ2n) is 7.92. The molecule has 0 radical (unpaired) electrons. The number of hydrogen-bond acceptors (Lipinski definition) is 5. The van der Waals surface area contributed by atoms with Crippen LogP contribution in [0.15, 0.2) is 97.5 Å². The van der Waals surface area contributed by atoms with E-state index in [0.717, 1.165) is 22.2 Å². The van der Waals surface area contributed by atoms with Crippen molar-refractivity contribution in [3.8, 4) is 5.82 Å². The van der Waals surface area contributed by atoms with Crippen molar-refractivity contribution in [2.75, 3.05) is 5.32 Å². The molecule has 2 aromatic heterocycles. The zero-order chi connectivity index (χ0) is 22.6. The van der Waals surface area contributed by atoms with E-state index in [9.17, 15) is 4.79 Å². The van der Waals surface area contributed by atoms with Crippen molar-refractivity contribution in [2.24, 2.45) is 0 Å². The Morgan fingerprint density at radius 1 is 0.939 bits per heavy atom. The van der Waals surface area contributed by atoms with Crippen LogP contribution < -0.4 is 5.32 Å². The lowest BCUT2D eigenvalue weighted by atomic mass is 10.0. The van der Waals surface area contributed by atoms with Crippen molar-refractivity contribution in [2.45, 2.75) is 19.4 Å². The van der Waals surface area contributed by atoms with E-state index in [-0.39, 0.29) is 11.8 Å². The molecule has 0 aliphatic carbocycles. The van der Waals surface area contributed by atoms with Crippen LogP contribution in [0.25, 0.3) is 16.9 Å². The van der Waals surface area contributed by atoms with Crippen molar-refractivity contribution in [3.05, 3.63) is 114 Å². The molecule has 0 amide bonds. The van der Waals surface area contributed by atoms with Crippen LogP contribution >= 0.6 is 0 Å². The largest absolute Gasteiger partial charge is 0.348 e. The number of nitrogens with one attached hydrogen (secondary N) is 1. The summed E-state index contributed by atoms with van der Waals surface area (Å²) in [4.78, 5) is 26.3. The molecule has 6 heteroatoms. The van der Waals surface area contributed by atoms with E-state index >= 15 is 0 Å². The Bertz CT molecular complexity index is 1400. The predicted octanol–water partition coefficient (Wildman–Crippen LogP) is 5.41. The number of anilines is 1. The van der Waals surface area contributed by atoms with Crippen LogP contribution in [0.4, 0.5) is 5.95 Å². The Kier molecular flexibility index (Phi) is 5.64. The van der Waals surface area contributed by atoms with Crippen LogP contribution in [0.2, 0.25) is 0 Å². The number of carbonyl (C=O) groups is 1. The van der Waals surface area contributed by atoms with Crippen molar-refractivity contribution in [3.63, 3.8) is 0 Å². The fourth-order valence-corrected chi connectivity index (χ4v) is 3.82. The van der Waals surface area contributed by atoms with Gasteiger partial charge in [-0.2, -0.15) is 4.98 Å². The van der Waals surface area contributed by atoms with Crippen LogP contribution in [-0.2, 0) is 6.42 Å². The molecule has 0 spiro atoms. The van der Waals surface area contributed by atoms with E-state index < -0.39 is 0 Å². The molecule has 5 aromatic rings. The van der Waals surface area contributed by atoms with Gasteiger partial charge in [0.15, 0.2) is 5.78 Å². The summed E-state index contributed by atoms with van der Waals surface area (Å²) in [6, 6.07) is 27.5. The molecule has 6 nitrogen and oxygen atoms in total. The van der Waals surface area contributed by atoms with E-state index in [2.05, 4.69) is 39.3 Å². The summed E-state index contributed by atoms with van der Waals surface area (Å²) in [6.07, 6.45) is 3.82. The minimum atomic E-state index is 0.0687. The molecule has 0 bridgehead atoms. The molecule has 0 fully saturated rings. The Morgan fingerprint density at radius 2 is 1.70 bits per heavy atom. The van der Waals surface area contributed by atoms with Crippen molar-refractivity contribution in [1.29, 1.82) is 0 Å². The third kappa shape index (κ3) is 4.50. The van der Waals surface area contributed by atoms with Gasteiger partial charge in [0, 0.05) is 18.2 Å². The molecule has 162 valence electrons. The molecule has 2 heterocycles. The minimum Gasteiger partial charge on any atom is -0.348 e. The van der Waals surface area contributed by atoms with Crippen LogP contribution in [0, 0.1) is 0 Å². The van der Waals surface area contributed by atoms with Crippen molar-refractivity contribution < 1.29 is 4.79 Å². The molecule has 0 aliphatic rings. The molecule has 5 rings (SSSR count). The summed E-state index contributed by atoms with van der Waals surface area (Å²) >= 11 is 0. The fraction of sp³-hybridized carbons (Fsp3) is 0.111. The van der Waals surface area contributed by atoms with Crippen LogP contribution in [-0.4, -0.2) is 25.3 Å². The molecule has 0 aliphatic heterocycles. The summed E-state index contributed by atoms with van der Waals surface area (Å²) in [7, 11) is 0. The highest BCUT2D eigenvalue weighted by Crippen LogP contribution is 2.21. The first-order valence-corrected chi connectivity index (χ1v) is 10.9. The average Bonchev–Trinajstić information content (AvgIpc) is 3.29. The smallest absolute Gasteiger partial charge is 0.225 e. The lowest BCUT2D eigenvalue weighted by molar-refractivity contribution is 0.0993. The van der Waals surface area contributed by atoms with Crippen LogP contribution in [0.5, 0.6) is 0 Å². The molecular formula is C27H23N5O. The van der Waals surface area contributed by atoms with Gasteiger partial charge >= 0.3 is 0 Å². The summed E-state index contributed by atoms with van der Waals surface area (Å²) in [5, 5.41) is 3.36. The fourth-order valence-electron chi connectivity index (χ4n) is 3.82. The Hall–Kier alpha value is -4.32. The first kappa shape index (κ1) is 20.6. The molecule has 0 saturated carbocycles. The number of benzene rings is 3. The molecule has 0 saturated heterocycles. The van der Waals surface area contributed by atoms with Gasteiger partial charge in [-0.25, -0.2) is 9.97 Å². The number of imidazole rings is 1. The number of ketones is 1. The predicted molar refractivity (Wildman–Crippen MR) is 130 cm³/mol. The van der Waals surface area contributed by atoms with Gasteiger partial charge in [-0.1, -0.05) is 60.7 Å². The quantitative estimate of drug-likeness (QED) is 0.347. The van der Waals surface area contributed by atoms with Crippen LogP contribution in [0.3, 0.4) is 0 Å². The normalized spacial score (nSPS) is 11.9. The number of aromatic nitrogens is 4. The maximum absolute atomic E-state index is 12.7. The molecule has 33 heavy (non-hydrogen) atoms. The third-order valence-electron chi connectivity index (χ3n) is 5.61. The van der Waals surface area contributed by atoms with E-state index in [0.29, 0.717) is 23.8 Å². The molecule has 0 unspecified atom stereocenters. The topological polar surface area (TPSA) is 72.7 Å². The van der Waals surface area contributed by atoms with Gasteiger partial charge in [0.05, 0.1) is 17.1 Å². The minimum absolute atomic E-state index is 0.0687. The number of carbonyl (C=O) groups excluding carboxylic acids is 1. The average molecular weight is 434 g/mol. The standard InChI is InChI=1S/C27H23N5O/c1-19(21-10-6-3-7-11-21)30-27-28-15-14-26(31-27)32-18-29-23-17-22(12-13-24(23)32)25(33)16-20-8-4-2-5-9-20/h2-15,17-19H,16H2,1H3,(H,28,30,31)/t19-/m0/s1. The van der Waals surface area contributed by atoms with Gasteiger partial charge in [-0.05, 0) is 42.3 Å². The molecular weight excluding hydrogens is 410 g/mol. The van der Waals surface area contributed by atoms with Gasteiger partial charge in [0.25, 0.3) is 0 Å². The molecule has 1 atom stereocenters. The summed E-state index contributed by atoms with van der Waals surface area (Å²) in [6.45, 7) is 2.08. The Labute approximate surface area is 192 Å². The van der Waals surface area contributed by atoms with Crippen molar-refractivity contribution in [1.82, 2.24) is 19.5 Å². The summed E-state index contributed by atoms with van der Waals surface area (Å²) in [5.74, 6) is 1.32. The van der Waals surface area contributed by atoms with Crippen LogP contribution in [0.1, 0.15) is 34.5 Å². The second kappa shape index (κ2) is 9.04. The zero-order valence-corrected chi connectivity index (χ0v) is 18.2. The maximum Gasteiger partial charge on any atom is 0.225 e. The Morgan fingerprint density at radius 3 is 2.48 bits per heavy atom. The van der Waals surface area contributed by atoms with E-state index in [4.69, 9.17) is 0 Å². The number of hydrogen-bond donors (Lipinski definition) is 1. The molecule has 1 N–H and O–H groups in total. The SMILES string of the molecule is C[C@H](Nc1nccc(-n2cnc3cc(C(=O)Cc4ccccc4)ccc32)n1)c1ccccc1. The second-order valence-corrected chi connectivity index (χ2v) is 7.92. The third-order valence-corrected chi connectivity index (χ3v) is 5.61. The zero-order valence-electron chi connectivity index (χ0n) is 18.2. The first-order valence-electron chi connectivity index (χ1n) is 10.9. The number of nitrogens with zero attached hydrogens (tertiary/aromatic N) is 4. The summed E-state index contributed by atoms with van der Waals surface area (Å²) < 4.78 is 1.90. The van der Waals surface area contributed by atoms with Gasteiger partial charge < -0.3 is 5.32 Å². The van der Waals surface area contributed by atoms with Gasteiger partial charge in [-0.15, -0.1) is 0 Å².